The molecule has 17 heavy (non-hydrogen) atoms. The molecule has 0 fully saturated rings. The molecule has 0 bridgehead atoms. The van der Waals surface area contributed by atoms with E-state index in [1.807, 2.05) is 13.8 Å². The molecule has 0 heterocycles. The smallest absolute Gasteiger partial charge is 0.316 e. The van der Waals surface area contributed by atoms with Crippen LogP contribution in [0, 0.1) is 5.92 Å². The van der Waals surface area contributed by atoms with Crippen LogP contribution < -0.4 is 4.89 Å². The summed E-state index contributed by atoms with van der Waals surface area (Å²) in [6.07, 6.45) is 2.23. The number of carbonyl (C=O) groups excluding carboxylic acids is 1. The van der Waals surface area contributed by atoms with E-state index in [4.69, 9.17) is 9.47 Å². The summed E-state index contributed by atoms with van der Waals surface area (Å²) in [5.74, 6) is 0.851. The number of esters is 1. The molecule has 0 aliphatic heterocycles. The van der Waals surface area contributed by atoms with Gasteiger partial charge < -0.3 is 14.4 Å². The lowest BCUT2D eigenvalue weighted by atomic mass is 10.2. The molecule has 4 nitrogen and oxygen atoms in total. The Kier molecular flexibility index (Phi) is 10.4. The summed E-state index contributed by atoms with van der Waals surface area (Å²) >= 11 is 0. The van der Waals surface area contributed by atoms with Crippen LogP contribution in [-0.2, 0) is 14.3 Å². The zero-order chi connectivity index (χ0) is 13.1. The topological polar surface area (TPSA) is 58.6 Å². The third kappa shape index (κ3) is 9.28. The van der Waals surface area contributed by atoms with Crippen molar-refractivity contribution in [2.75, 3.05) is 26.0 Å². The largest absolute Gasteiger partial charge is 0.631 e. The number of hydrogen-bond donors (Lipinski definition) is 0. The minimum atomic E-state index is -1.48. The van der Waals surface area contributed by atoms with Crippen molar-refractivity contribution in [3.8, 4) is 0 Å². The van der Waals surface area contributed by atoms with Gasteiger partial charge in [-0.2, -0.15) is 0 Å². The molecule has 0 rings (SSSR count). The summed E-state index contributed by atoms with van der Waals surface area (Å²) in [6.45, 7) is 7.27. The first-order valence-electron chi connectivity index (χ1n) is 6.14. The molecule has 0 saturated heterocycles. The van der Waals surface area contributed by atoms with Crippen LogP contribution in [0.2, 0.25) is 0 Å². The molecule has 2 unspecified atom stereocenters. The number of rotatable bonds is 9. The molecule has 0 spiro atoms. The maximum Gasteiger partial charge on any atom is 0.316 e. The normalized spacial score (nSPS) is 13.5. The summed E-state index contributed by atoms with van der Waals surface area (Å²) in [4.78, 5) is 23.0. The molecular weight excluding hydrogens is 239 g/mol. The van der Waals surface area contributed by atoms with Crippen molar-refractivity contribution in [2.45, 2.75) is 33.6 Å². The van der Waals surface area contributed by atoms with E-state index in [0.29, 0.717) is 26.0 Å². The highest BCUT2D eigenvalue weighted by Crippen LogP contribution is 2.12. The van der Waals surface area contributed by atoms with Crippen LogP contribution in [0.4, 0.5) is 0 Å². The lowest BCUT2D eigenvalue weighted by Gasteiger charge is -2.06. The van der Waals surface area contributed by atoms with Crippen LogP contribution in [0.5, 0.6) is 0 Å². The van der Waals surface area contributed by atoms with Crippen molar-refractivity contribution in [1.82, 2.24) is 0 Å². The van der Waals surface area contributed by atoms with E-state index in [-0.39, 0.29) is 5.97 Å². The molecule has 0 aromatic heterocycles. The van der Waals surface area contributed by atoms with Crippen LogP contribution >= 0.6 is 7.77 Å². The van der Waals surface area contributed by atoms with Gasteiger partial charge >= 0.3 is 5.97 Å². The van der Waals surface area contributed by atoms with Crippen LogP contribution in [0.1, 0.15) is 33.6 Å². The van der Waals surface area contributed by atoms with Crippen molar-refractivity contribution in [1.29, 1.82) is 0 Å². The molecule has 0 radical (unpaired) electrons. The second-order valence-corrected chi connectivity index (χ2v) is 5.44. The van der Waals surface area contributed by atoms with Gasteiger partial charge in [-0.25, -0.2) is 0 Å². The molecule has 100 valence electrons. The van der Waals surface area contributed by atoms with E-state index in [1.54, 1.807) is 12.7 Å². The molecule has 5 heteroatoms. The molecule has 2 atom stereocenters. The lowest BCUT2D eigenvalue weighted by molar-refractivity contribution is -0.154. The Hall–Kier alpha value is -0.440. The van der Waals surface area contributed by atoms with Crippen molar-refractivity contribution in [3.63, 3.8) is 0 Å². The summed E-state index contributed by atoms with van der Waals surface area (Å²) in [5, 5.41) is 0. The van der Waals surface area contributed by atoms with Gasteiger partial charge in [0, 0.05) is 14.4 Å². The fraction of sp³-hybridized carbons (Fsp3) is 0.833. The van der Waals surface area contributed by atoms with E-state index in [1.165, 1.54) is 0 Å². The summed E-state index contributed by atoms with van der Waals surface area (Å²) < 4.78 is 10.2. The Morgan fingerprint density at radius 2 is 1.94 bits per heavy atom. The first-order chi connectivity index (χ1) is 8.11. The fourth-order valence-electron chi connectivity index (χ4n) is 1.12. The van der Waals surface area contributed by atoms with E-state index < -0.39 is 13.7 Å². The monoisotopic (exact) mass is 262 g/mol. The molecule has 0 saturated carbocycles. The standard InChI is InChI=1S/C12H23O4P/c1-4-6-15-8-9-17(14)10-11(3)12(13)16-7-5-2/h10-11H,4-9H2,1-3H3. The first-order valence-corrected chi connectivity index (χ1v) is 7.66. The first kappa shape index (κ1) is 16.6. The van der Waals surface area contributed by atoms with Gasteiger partial charge in [0.1, 0.15) is 12.1 Å². The Bertz CT molecular complexity index is 241. The summed E-state index contributed by atoms with van der Waals surface area (Å²) in [6, 6.07) is 0. The number of hydrogen-bond acceptors (Lipinski definition) is 4. The van der Waals surface area contributed by atoms with Gasteiger partial charge in [-0.1, -0.05) is 13.8 Å². The Morgan fingerprint density at radius 3 is 2.53 bits per heavy atom. The minimum absolute atomic E-state index is 0.301. The predicted octanol–water partition coefficient (Wildman–Crippen LogP) is 1.56. The van der Waals surface area contributed by atoms with Gasteiger partial charge in [-0.15, -0.1) is 0 Å². The zero-order valence-electron chi connectivity index (χ0n) is 11.0. The highest BCUT2D eigenvalue weighted by molar-refractivity contribution is 7.50. The van der Waals surface area contributed by atoms with Gasteiger partial charge in [0.15, 0.2) is 0 Å². The van der Waals surface area contributed by atoms with Gasteiger partial charge in [-0.3, -0.25) is 4.79 Å². The lowest BCUT2D eigenvalue weighted by Crippen LogP contribution is -2.17. The van der Waals surface area contributed by atoms with Crippen molar-refractivity contribution >= 4 is 19.5 Å². The zero-order valence-corrected chi connectivity index (χ0v) is 11.9. The van der Waals surface area contributed by atoms with E-state index in [0.717, 1.165) is 12.8 Å². The minimum Gasteiger partial charge on any atom is -0.631 e. The molecule has 0 aromatic rings. The molecule has 0 N–H and O–H groups in total. The van der Waals surface area contributed by atoms with Crippen molar-refractivity contribution in [2.24, 2.45) is 5.92 Å². The van der Waals surface area contributed by atoms with Gasteiger partial charge in [0.2, 0.25) is 0 Å². The molecule has 0 aromatic carbocycles. The second-order valence-electron chi connectivity index (χ2n) is 3.86. The highest BCUT2D eigenvalue weighted by Gasteiger charge is 2.14. The maximum atomic E-state index is 11.6. The van der Waals surface area contributed by atoms with Gasteiger partial charge in [-0.05, 0) is 19.8 Å². The average Bonchev–Trinajstić information content (AvgIpc) is 2.31. The fourth-order valence-corrected chi connectivity index (χ4v) is 2.20. The molecule has 0 amide bonds. The van der Waals surface area contributed by atoms with Crippen LogP contribution in [0.25, 0.3) is 0 Å². The quantitative estimate of drug-likeness (QED) is 0.359. The third-order valence-electron chi connectivity index (χ3n) is 2.01. The van der Waals surface area contributed by atoms with Crippen LogP contribution in [-0.4, -0.2) is 37.7 Å². The van der Waals surface area contributed by atoms with Crippen LogP contribution in [0.3, 0.4) is 0 Å². The SMILES string of the molecule is CCCOCC[P+]([O-])=CC(C)C(=O)OCCC. The Morgan fingerprint density at radius 1 is 1.29 bits per heavy atom. The molecule has 0 aliphatic rings. The van der Waals surface area contributed by atoms with Crippen LogP contribution in [0.15, 0.2) is 0 Å². The average molecular weight is 262 g/mol. The van der Waals surface area contributed by atoms with E-state index in [9.17, 15) is 9.69 Å². The van der Waals surface area contributed by atoms with Gasteiger partial charge in [0.05, 0.1) is 19.0 Å². The predicted molar refractivity (Wildman–Crippen MR) is 69.4 cm³/mol. The van der Waals surface area contributed by atoms with E-state index >= 15 is 0 Å². The summed E-state index contributed by atoms with van der Waals surface area (Å²) in [7, 11) is -1.48. The second kappa shape index (κ2) is 10.7. The number of carbonyl (C=O) groups is 1. The molecular formula is C12H23O4P. The van der Waals surface area contributed by atoms with E-state index in [2.05, 4.69) is 0 Å². The van der Waals surface area contributed by atoms with Gasteiger partial charge in [0.25, 0.3) is 0 Å². The maximum absolute atomic E-state index is 11.6. The highest BCUT2D eigenvalue weighted by atomic mass is 31.1. The Balaban J connectivity index is 3.87. The number of ether oxygens (including phenoxy) is 2. The third-order valence-corrected chi connectivity index (χ3v) is 3.42. The molecule has 0 aliphatic carbocycles. The van der Waals surface area contributed by atoms with Crippen molar-refractivity contribution in [3.05, 3.63) is 0 Å². The summed E-state index contributed by atoms with van der Waals surface area (Å²) in [5.41, 5.74) is 0. The Labute approximate surface area is 105 Å². The van der Waals surface area contributed by atoms with Crippen molar-refractivity contribution < 1.29 is 19.2 Å².